The molecular formula is C18H31N3O4S. The maximum atomic E-state index is 12.3. The van der Waals surface area contributed by atoms with Crippen molar-refractivity contribution < 1.29 is 17.4 Å². The Morgan fingerprint density at radius 1 is 1.08 bits per heavy atom. The van der Waals surface area contributed by atoms with E-state index in [0.717, 1.165) is 0 Å². The first-order valence-electron chi connectivity index (χ1n) is 8.78. The average molecular weight is 386 g/mol. The van der Waals surface area contributed by atoms with Crippen molar-refractivity contribution in [2.45, 2.75) is 65.8 Å². The van der Waals surface area contributed by atoms with Crippen LogP contribution in [0.5, 0.6) is 5.75 Å². The summed E-state index contributed by atoms with van der Waals surface area (Å²) in [4.78, 5) is 12.3. The summed E-state index contributed by atoms with van der Waals surface area (Å²) in [6, 6.07) is 2.80. The zero-order chi connectivity index (χ0) is 20.2. The fraction of sp³-hybridized carbons (Fsp3) is 0.611. The summed E-state index contributed by atoms with van der Waals surface area (Å²) in [6.45, 7) is 11.6. The minimum atomic E-state index is -4.16. The van der Waals surface area contributed by atoms with Crippen LogP contribution in [0.1, 0.15) is 70.9 Å². The van der Waals surface area contributed by atoms with Gasteiger partial charge in [-0.1, -0.05) is 41.5 Å². The monoisotopic (exact) mass is 385 g/mol. The Balaban J connectivity index is 3.33. The van der Waals surface area contributed by atoms with Crippen molar-refractivity contribution in [3.05, 3.63) is 23.3 Å². The Labute approximate surface area is 156 Å². The Hall–Kier alpha value is -1.64. The molecule has 7 nitrogen and oxygen atoms in total. The van der Waals surface area contributed by atoms with Gasteiger partial charge in [0.2, 0.25) is 5.91 Å². The lowest BCUT2D eigenvalue weighted by molar-refractivity contribution is -0.117. The summed E-state index contributed by atoms with van der Waals surface area (Å²) in [6.07, 6.45) is 0.576. The Morgan fingerprint density at radius 2 is 1.54 bits per heavy atom. The minimum Gasteiger partial charge on any atom is -0.370 e. The number of hydrogen-bond donors (Lipinski definition) is 3. The van der Waals surface area contributed by atoms with Crippen molar-refractivity contribution in [2.24, 2.45) is 16.8 Å². The van der Waals surface area contributed by atoms with E-state index in [0.29, 0.717) is 29.2 Å². The third-order valence-corrected chi connectivity index (χ3v) is 4.32. The molecular weight excluding hydrogens is 354 g/mol. The van der Waals surface area contributed by atoms with Gasteiger partial charge in [-0.05, 0) is 36.3 Å². The molecule has 0 fully saturated rings. The van der Waals surface area contributed by atoms with E-state index in [2.05, 4.69) is 5.32 Å². The molecule has 0 bridgehead atoms. The molecule has 0 saturated carbocycles. The molecule has 0 aromatic heterocycles. The summed E-state index contributed by atoms with van der Waals surface area (Å²) in [5.41, 5.74) is 7.80. The van der Waals surface area contributed by atoms with Crippen LogP contribution in [0.15, 0.2) is 12.1 Å². The summed E-state index contributed by atoms with van der Waals surface area (Å²) in [5.74, 6) is 0.180. The predicted molar refractivity (Wildman–Crippen MR) is 104 cm³/mol. The molecule has 1 atom stereocenters. The molecule has 26 heavy (non-hydrogen) atoms. The Kier molecular flexibility index (Phi) is 7.61. The van der Waals surface area contributed by atoms with Gasteiger partial charge in [-0.3, -0.25) is 4.79 Å². The second-order valence-electron chi connectivity index (χ2n) is 7.59. The molecule has 0 saturated heterocycles. The van der Waals surface area contributed by atoms with Gasteiger partial charge in [0, 0.05) is 16.8 Å². The number of hydrogen-bond acceptors (Lipinski definition) is 5. The Bertz CT molecular complexity index is 714. The number of anilines is 1. The van der Waals surface area contributed by atoms with E-state index in [-0.39, 0.29) is 23.5 Å². The lowest BCUT2D eigenvalue weighted by Gasteiger charge is -2.21. The SMILES string of the molecule is CC(C)C[C@H](N)C(=O)Nc1cc(C(C)C)c(OS(N)(=O)=O)c(C(C)C)c1. The highest BCUT2D eigenvalue weighted by molar-refractivity contribution is 7.84. The summed E-state index contributed by atoms with van der Waals surface area (Å²) < 4.78 is 28.0. The van der Waals surface area contributed by atoms with Gasteiger partial charge in [-0.25, -0.2) is 0 Å². The highest BCUT2D eigenvalue weighted by Gasteiger charge is 2.22. The number of amides is 1. The largest absolute Gasteiger partial charge is 0.380 e. The third kappa shape index (κ3) is 6.59. The van der Waals surface area contributed by atoms with Crippen molar-refractivity contribution >= 4 is 21.9 Å². The molecule has 8 heteroatoms. The summed E-state index contributed by atoms with van der Waals surface area (Å²) in [5, 5.41) is 7.90. The summed E-state index contributed by atoms with van der Waals surface area (Å²) >= 11 is 0. The van der Waals surface area contributed by atoms with Crippen LogP contribution in [0.3, 0.4) is 0 Å². The van der Waals surface area contributed by atoms with Crippen molar-refractivity contribution in [1.82, 2.24) is 0 Å². The molecule has 1 aromatic carbocycles. The minimum absolute atomic E-state index is 0.0366. The average Bonchev–Trinajstić information content (AvgIpc) is 2.45. The highest BCUT2D eigenvalue weighted by Crippen LogP contribution is 2.38. The quantitative estimate of drug-likeness (QED) is 0.634. The first-order valence-corrected chi connectivity index (χ1v) is 10.3. The number of carbonyl (C=O) groups excluding carboxylic acids is 1. The lowest BCUT2D eigenvalue weighted by Crippen LogP contribution is -2.36. The van der Waals surface area contributed by atoms with Gasteiger partial charge in [0.25, 0.3) is 0 Å². The number of carbonyl (C=O) groups is 1. The van der Waals surface area contributed by atoms with Crippen molar-refractivity contribution in [3.63, 3.8) is 0 Å². The fourth-order valence-electron chi connectivity index (χ4n) is 2.67. The van der Waals surface area contributed by atoms with Gasteiger partial charge in [0.15, 0.2) is 5.75 Å². The second kappa shape index (κ2) is 8.83. The maximum Gasteiger partial charge on any atom is 0.380 e. The van der Waals surface area contributed by atoms with Gasteiger partial charge in [0.05, 0.1) is 6.04 Å². The van der Waals surface area contributed by atoms with E-state index in [1.807, 2.05) is 41.5 Å². The molecule has 1 rings (SSSR count). The first-order chi connectivity index (χ1) is 11.8. The van der Waals surface area contributed by atoms with Crippen LogP contribution in [-0.4, -0.2) is 20.4 Å². The molecule has 0 radical (unpaired) electrons. The molecule has 0 heterocycles. The predicted octanol–water partition coefficient (Wildman–Crippen LogP) is 2.83. The van der Waals surface area contributed by atoms with E-state index in [1.165, 1.54) is 0 Å². The second-order valence-corrected chi connectivity index (χ2v) is 8.75. The van der Waals surface area contributed by atoms with E-state index in [9.17, 15) is 13.2 Å². The van der Waals surface area contributed by atoms with E-state index in [4.69, 9.17) is 15.1 Å². The van der Waals surface area contributed by atoms with Crippen molar-refractivity contribution in [1.29, 1.82) is 0 Å². The van der Waals surface area contributed by atoms with E-state index < -0.39 is 16.3 Å². The normalized spacial score (nSPS) is 13.3. The van der Waals surface area contributed by atoms with Crippen molar-refractivity contribution in [3.8, 4) is 5.75 Å². The molecule has 148 valence electrons. The summed E-state index contributed by atoms with van der Waals surface area (Å²) in [7, 11) is -4.16. The first kappa shape index (κ1) is 22.4. The van der Waals surface area contributed by atoms with Crippen LogP contribution in [0, 0.1) is 5.92 Å². The zero-order valence-electron chi connectivity index (χ0n) is 16.4. The number of nitrogens with two attached hydrogens (primary N) is 2. The third-order valence-electron chi connectivity index (χ3n) is 3.92. The van der Waals surface area contributed by atoms with Gasteiger partial charge in [0.1, 0.15) is 0 Å². The lowest BCUT2D eigenvalue weighted by atomic mass is 9.93. The van der Waals surface area contributed by atoms with E-state index >= 15 is 0 Å². The molecule has 1 aromatic rings. The van der Waals surface area contributed by atoms with E-state index in [1.54, 1.807) is 12.1 Å². The standard InChI is InChI=1S/C18H31N3O4S/c1-10(2)7-16(19)18(22)21-13-8-14(11(3)4)17(25-26(20,23)24)15(9-13)12(5)6/h8-12,16H,7,19H2,1-6H3,(H,21,22)(H2,20,23,24)/t16-/m0/s1. The van der Waals surface area contributed by atoms with Crippen LogP contribution >= 0.6 is 0 Å². The van der Waals surface area contributed by atoms with Gasteiger partial charge in [-0.15, -0.1) is 0 Å². The topological polar surface area (TPSA) is 125 Å². The molecule has 0 aliphatic heterocycles. The van der Waals surface area contributed by atoms with Crippen LogP contribution in [0.4, 0.5) is 5.69 Å². The molecule has 0 aliphatic carbocycles. The van der Waals surface area contributed by atoms with Crippen LogP contribution in [0.25, 0.3) is 0 Å². The maximum absolute atomic E-state index is 12.3. The van der Waals surface area contributed by atoms with Gasteiger partial charge in [-0.2, -0.15) is 13.6 Å². The van der Waals surface area contributed by atoms with Crippen molar-refractivity contribution in [2.75, 3.05) is 5.32 Å². The van der Waals surface area contributed by atoms with Crippen LogP contribution in [0.2, 0.25) is 0 Å². The smallest absolute Gasteiger partial charge is 0.370 e. The van der Waals surface area contributed by atoms with Crippen LogP contribution in [-0.2, 0) is 15.1 Å². The molecule has 0 spiro atoms. The zero-order valence-corrected chi connectivity index (χ0v) is 17.2. The molecule has 0 unspecified atom stereocenters. The van der Waals surface area contributed by atoms with Gasteiger partial charge >= 0.3 is 10.3 Å². The molecule has 0 aliphatic rings. The molecule has 5 N–H and O–H groups in total. The number of benzene rings is 1. The molecule has 1 amide bonds. The highest BCUT2D eigenvalue weighted by atomic mass is 32.2. The Morgan fingerprint density at radius 3 is 1.88 bits per heavy atom. The fourth-order valence-corrected chi connectivity index (χ4v) is 3.09. The van der Waals surface area contributed by atoms with Crippen LogP contribution < -0.4 is 20.4 Å². The number of nitrogens with one attached hydrogen (secondary N) is 1. The van der Waals surface area contributed by atoms with Gasteiger partial charge < -0.3 is 15.2 Å². The number of rotatable bonds is 8.